The second-order valence-corrected chi connectivity index (χ2v) is 8.41. The number of hydrogen-bond donors (Lipinski definition) is 0. The van der Waals surface area contributed by atoms with E-state index in [1.807, 2.05) is 39.0 Å². The molecule has 5 nitrogen and oxygen atoms in total. The van der Waals surface area contributed by atoms with Crippen LogP contribution >= 0.6 is 0 Å². The zero-order valence-electron chi connectivity index (χ0n) is 20.4. The molecule has 2 aliphatic carbocycles. The first kappa shape index (κ1) is 24.6. The van der Waals surface area contributed by atoms with Gasteiger partial charge in [-0.1, -0.05) is 30.3 Å². The number of ether oxygens (including phenoxy) is 3. The SMILES string of the molecule is CCOC(=O)CC1=CCCc2c1ccc(C)c2OC.COc1c(C)ccc2c1CCCC2=O. The Bertz CT molecular complexity index is 1060. The van der Waals surface area contributed by atoms with Crippen molar-refractivity contribution in [3.8, 4) is 11.5 Å². The van der Waals surface area contributed by atoms with E-state index in [0.29, 0.717) is 19.4 Å². The maximum atomic E-state index is 11.6. The molecule has 0 unspecified atom stereocenters. The number of fused-ring (bicyclic) bond motifs is 2. The summed E-state index contributed by atoms with van der Waals surface area (Å²) in [6.45, 7) is 6.31. The fraction of sp³-hybridized carbons (Fsp3) is 0.429. The van der Waals surface area contributed by atoms with E-state index in [4.69, 9.17) is 14.2 Å². The number of esters is 1. The average Bonchev–Trinajstić information content (AvgIpc) is 2.80. The quantitative estimate of drug-likeness (QED) is 0.538. The van der Waals surface area contributed by atoms with Gasteiger partial charge in [0.2, 0.25) is 0 Å². The summed E-state index contributed by atoms with van der Waals surface area (Å²) >= 11 is 0. The second kappa shape index (κ2) is 11.2. The molecule has 0 N–H and O–H groups in total. The van der Waals surface area contributed by atoms with Crippen LogP contribution in [-0.2, 0) is 22.4 Å². The molecule has 0 saturated carbocycles. The average molecular weight is 451 g/mol. The van der Waals surface area contributed by atoms with Crippen molar-refractivity contribution in [2.75, 3.05) is 20.8 Å². The Morgan fingerprint density at radius 1 is 0.879 bits per heavy atom. The molecule has 0 radical (unpaired) electrons. The van der Waals surface area contributed by atoms with E-state index < -0.39 is 0 Å². The van der Waals surface area contributed by atoms with Gasteiger partial charge in [0, 0.05) is 23.1 Å². The minimum absolute atomic E-state index is 0.166. The predicted octanol–water partition coefficient (Wildman–Crippen LogP) is 5.81. The molecule has 0 spiro atoms. The van der Waals surface area contributed by atoms with Gasteiger partial charge in [0.15, 0.2) is 5.78 Å². The van der Waals surface area contributed by atoms with Gasteiger partial charge in [0.25, 0.3) is 0 Å². The molecule has 176 valence electrons. The fourth-order valence-corrected chi connectivity index (χ4v) is 4.71. The Kier molecular flexibility index (Phi) is 8.32. The smallest absolute Gasteiger partial charge is 0.310 e. The number of Topliss-reactive ketones (excluding diaryl/α,β-unsaturated/α-hetero) is 1. The van der Waals surface area contributed by atoms with Crippen molar-refractivity contribution in [2.24, 2.45) is 0 Å². The Hall–Kier alpha value is -3.08. The van der Waals surface area contributed by atoms with Crippen molar-refractivity contribution in [1.29, 1.82) is 0 Å². The number of carbonyl (C=O) groups is 2. The lowest BCUT2D eigenvalue weighted by molar-refractivity contribution is -0.141. The number of ketones is 1. The van der Waals surface area contributed by atoms with Crippen molar-refractivity contribution < 1.29 is 23.8 Å². The predicted molar refractivity (Wildman–Crippen MR) is 130 cm³/mol. The second-order valence-electron chi connectivity index (χ2n) is 8.41. The van der Waals surface area contributed by atoms with Crippen molar-refractivity contribution >= 4 is 17.3 Å². The molecule has 0 aromatic heterocycles. The van der Waals surface area contributed by atoms with Crippen molar-refractivity contribution in [2.45, 2.75) is 59.3 Å². The number of carbonyl (C=O) groups excluding carboxylic acids is 2. The van der Waals surface area contributed by atoms with E-state index >= 15 is 0 Å². The highest BCUT2D eigenvalue weighted by atomic mass is 16.5. The first-order chi connectivity index (χ1) is 15.9. The van der Waals surface area contributed by atoms with E-state index in [1.54, 1.807) is 14.2 Å². The van der Waals surface area contributed by atoms with Gasteiger partial charge in [-0.15, -0.1) is 0 Å². The van der Waals surface area contributed by atoms with Crippen molar-refractivity contribution in [1.82, 2.24) is 0 Å². The van der Waals surface area contributed by atoms with E-state index in [-0.39, 0.29) is 11.8 Å². The first-order valence-electron chi connectivity index (χ1n) is 11.6. The third kappa shape index (κ3) is 5.47. The molecular weight excluding hydrogens is 416 g/mol. The van der Waals surface area contributed by atoms with Crippen LogP contribution in [0.5, 0.6) is 11.5 Å². The molecule has 0 aliphatic heterocycles. The number of rotatable bonds is 5. The van der Waals surface area contributed by atoms with Gasteiger partial charge in [0.05, 0.1) is 27.2 Å². The normalized spacial score (nSPS) is 14.2. The highest BCUT2D eigenvalue weighted by molar-refractivity contribution is 5.99. The van der Waals surface area contributed by atoms with Crippen LogP contribution in [0.4, 0.5) is 0 Å². The largest absolute Gasteiger partial charge is 0.496 e. The Labute approximate surface area is 196 Å². The first-order valence-corrected chi connectivity index (χ1v) is 11.6. The van der Waals surface area contributed by atoms with Crippen LogP contribution in [0.25, 0.3) is 5.57 Å². The topological polar surface area (TPSA) is 61.8 Å². The monoisotopic (exact) mass is 450 g/mol. The lowest BCUT2D eigenvalue weighted by Crippen LogP contribution is -2.12. The van der Waals surface area contributed by atoms with Crippen LogP contribution in [0.2, 0.25) is 0 Å². The number of methoxy groups -OCH3 is 2. The summed E-state index contributed by atoms with van der Waals surface area (Å²) in [4.78, 5) is 23.3. The number of allylic oxidation sites excluding steroid dienone is 1. The van der Waals surface area contributed by atoms with Gasteiger partial charge in [0.1, 0.15) is 11.5 Å². The van der Waals surface area contributed by atoms with Crippen LogP contribution in [0.1, 0.15) is 70.8 Å². The molecule has 0 fully saturated rings. The summed E-state index contributed by atoms with van der Waals surface area (Å²) in [5.74, 6) is 1.94. The highest BCUT2D eigenvalue weighted by Gasteiger charge is 2.21. The molecule has 0 atom stereocenters. The molecule has 4 rings (SSSR count). The van der Waals surface area contributed by atoms with E-state index in [0.717, 1.165) is 70.6 Å². The summed E-state index contributed by atoms with van der Waals surface area (Å²) in [7, 11) is 3.37. The zero-order chi connectivity index (χ0) is 24.0. The number of benzene rings is 2. The van der Waals surface area contributed by atoms with E-state index in [9.17, 15) is 9.59 Å². The third-order valence-electron chi connectivity index (χ3n) is 6.23. The molecule has 5 heteroatoms. The van der Waals surface area contributed by atoms with Crippen LogP contribution in [0.3, 0.4) is 0 Å². The Morgan fingerprint density at radius 2 is 1.48 bits per heavy atom. The Morgan fingerprint density at radius 3 is 2.09 bits per heavy atom. The fourth-order valence-electron chi connectivity index (χ4n) is 4.71. The van der Waals surface area contributed by atoms with Gasteiger partial charge >= 0.3 is 5.97 Å². The zero-order valence-corrected chi connectivity index (χ0v) is 20.4. The molecule has 0 heterocycles. The van der Waals surface area contributed by atoms with Gasteiger partial charge in [-0.25, -0.2) is 0 Å². The lowest BCUT2D eigenvalue weighted by atomic mass is 9.87. The minimum Gasteiger partial charge on any atom is -0.496 e. The molecule has 2 aliphatic rings. The van der Waals surface area contributed by atoms with Crippen LogP contribution in [-0.4, -0.2) is 32.6 Å². The van der Waals surface area contributed by atoms with Gasteiger partial charge in [-0.05, 0) is 68.7 Å². The molecule has 0 amide bonds. The molecule has 0 saturated heterocycles. The summed E-state index contributed by atoms with van der Waals surface area (Å²) in [6, 6.07) is 8.01. The third-order valence-corrected chi connectivity index (χ3v) is 6.23. The maximum absolute atomic E-state index is 11.6. The minimum atomic E-state index is -0.166. The van der Waals surface area contributed by atoms with Gasteiger partial charge in [-0.2, -0.15) is 0 Å². The number of hydrogen-bond acceptors (Lipinski definition) is 5. The molecule has 33 heavy (non-hydrogen) atoms. The lowest BCUT2D eigenvalue weighted by Gasteiger charge is -2.21. The van der Waals surface area contributed by atoms with Gasteiger partial charge < -0.3 is 14.2 Å². The molecule has 2 aromatic rings. The van der Waals surface area contributed by atoms with Crippen molar-refractivity contribution in [3.05, 3.63) is 63.7 Å². The van der Waals surface area contributed by atoms with E-state index in [1.165, 1.54) is 5.56 Å². The summed E-state index contributed by atoms with van der Waals surface area (Å²) < 4.78 is 15.9. The van der Waals surface area contributed by atoms with Crippen molar-refractivity contribution in [3.63, 3.8) is 0 Å². The maximum Gasteiger partial charge on any atom is 0.310 e. The highest BCUT2D eigenvalue weighted by Crippen LogP contribution is 2.36. The van der Waals surface area contributed by atoms with Crippen LogP contribution < -0.4 is 9.47 Å². The molecule has 0 bridgehead atoms. The molecule has 2 aromatic carbocycles. The van der Waals surface area contributed by atoms with Crippen LogP contribution in [0.15, 0.2) is 30.3 Å². The number of aryl methyl sites for hydroxylation is 2. The standard InChI is InChI=1S/C16H20O3.C12H14O2/c1-4-19-15(17)10-12-6-5-7-14-13(12)9-8-11(2)16(14)18-3;1-8-6-7-9-10(12(8)14-2)4-3-5-11(9)13/h6,8-9H,4-5,7,10H2,1-3H3;6-7H,3-5H2,1-2H3. The summed E-state index contributed by atoms with van der Waals surface area (Å²) in [6.07, 6.45) is 6.98. The van der Waals surface area contributed by atoms with Gasteiger partial charge in [-0.3, -0.25) is 9.59 Å². The van der Waals surface area contributed by atoms with Crippen LogP contribution in [0, 0.1) is 13.8 Å². The Balaban J connectivity index is 0.000000194. The summed E-state index contributed by atoms with van der Waals surface area (Å²) in [5, 5.41) is 0. The summed E-state index contributed by atoms with van der Waals surface area (Å²) in [5.41, 5.74) is 7.60. The van der Waals surface area contributed by atoms with E-state index in [2.05, 4.69) is 12.1 Å². The molecular formula is C28H34O5.